The van der Waals surface area contributed by atoms with Crippen molar-refractivity contribution in [3.05, 3.63) is 99.2 Å². The number of amides is 4. The lowest BCUT2D eigenvalue weighted by atomic mass is 10.1. The maximum Gasteiger partial charge on any atom is 0.329 e. The van der Waals surface area contributed by atoms with Crippen LogP contribution in [0.15, 0.2) is 72.4 Å². The molecular formula is C27H23Cl2N3O4. The molecule has 7 nitrogen and oxygen atoms in total. The lowest BCUT2D eigenvalue weighted by Gasteiger charge is -2.13. The fourth-order valence-corrected chi connectivity index (χ4v) is 4.31. The van der Waals surface area contributed by atoms with Crippen LogP contribution in [0.3, 0.4) is 0 Å². The molecule has 0 spiro atoms. The SMILES string of the molecule is CCc1ccccc1NC(=O)CN1C(=O)N/C(=C/c2cc(Cl)c(OCc3ccccc3)c(Cl)c2)C1=O. The number of nitrogens with zero attached hydrogens (tertiary/aromatic N) is 1. The van der Waals surface area contributed by atoms with Crippen molar-refractivity contribution < 1.29 is 19.1 Å². The number of anilines is 1. The first-order valence-electron chi connectivity index (χ1n) is 11.2. The Kier molecular flexibility index (Phi) is 7.93. The number of carbonyl (C=O) groups is 3. The quantitative estimate of drug-likeness (QED) is 0.294. The van der Waals surface area contributed by atoms with Crippen LogP contribution in [0.4, 0.5) is 10.5 Å². The van der Waals surface area contributed by atoms with Crippen molar-refractivity contribution in [3.8, 4) is 5.75 Å². The third-order valence-electron chi connectivity index (χ3n) is 5.49. The van der Waals surface area contributed by atoms with Crippen LogP contribution < -0.4 is 15.4 Å². The number of hydrogen-bond donors (Lipinski definition) is 2. The molecule has 3 aromatic carbocycles. The summed E-state index contributed by atoms with van der Waals surface area (Å²) in [5, 5.41) is 5.77. The van der Waals surface area contributed by atoms with E-state index in [1.807, 2.05) is 49.4 Å². The molecule has 0 radical (unpaired) electrons. The third kappa shape index (κ3) is 5.87. The fraction of sp³-hybridized carbons (Fsp3) is 0.148. The summed E-state index contributed by atoms with van der Waals surface area (Å²) in [6.07, 6.45) is 2.18. The largest absolute Gasteiger partial charge is 0.486 e. The predicted octanol–water partition coefficient (Wildman–Crippen LogP) is 5.67. The van der Waals surface area contributed by atoms with E-state index in [0.29, 0.717) is 17.0 Å². The van der Waals surface area contributed by atoms with Crippen molar-refractivity contribution >= 4 is 52.8 Å². The van der Waals surface area contributed by atoms with Crippen LogP contribution in [0.2, 0.25) is 10.0 Å². The number of aryl methyl sites for hydroxylation is 1. The Balaban J connectivity index is 1.44. The molecule has 1 aliphatic rings. The van der Waals surface area contributed by atoms with Gasteiger partial charge in [0.1, 0.15) is 18.8 Å². The Hall–Kier alpha value is -3.81. The van der Waals surface area contributed by atoms with Crippen LogP contribution in [0.5, 0.6) is 5.75 Å². The molecular weight excluding hydrogens is 501 g/mol. The predicted molar refractivity (Wildman–Crippen MR) is 140 cm³/mol. The second kappa shape index (κ2) is 11.3. The summed E-state index contributed by atoms with van der Waals surface area (Å²) in [5.74, 6) is -0.793. The second-order valence-corrected chi connectivity index (χ2v) is 8.84. The van der Waals surface area contributed by atoms with Gasteiger partial charge in [0.15, 0.2) is 5.75 Å². The fourth-order valence-electron chi connectivity index (χ4n) is 3.70. The average Bonchev–Trinajstić information content (AvgIpc) is 3.11. The van der Waals surface area contributed by atoms with Gasteiger partial charge in [-0.1, -0.05) is 78.7 Å². The first kappa shape index (κ1) is 25.3. The number of benzene rings is 3. The first-order chi connectivity index (χ1) is 17.4. The van der Waals surface area contributed by atoms with Crippen LogP contribution in [0.25, 0.3) is 6.08 Å². The lowest BCUT2D eigenvalue weighted by Crippen LogP contribution is -2.38. The molecule has 0 aromatic heterocycles. The number of ether oxygens (including phenoxy) is 1. The van der Waals surface area contributed by atoms with E-state index >= 15 is 0 Å². The molecule has 1 heterocycles. The van der Waals surface area contributed by atoms with E-state index in [1.165, 1.54) is 6.08 Å². The van der Waals surface area contributed by atoms with Gasteiger partial charge in [0.2, 0.25) is 5.91 Å². The molecule has 9 heteroatoms. The molecule has 4 rings (SSSR count). The highest BCUT2D eigenvalue weighted by Crippen LogP contribution is 2.35. The van der Waals surface area contributed by atoms with Gasteiger partial charge in [0.25, 0.3) is 5.91 Å². The molecule has 0 aliphatic carbocycles. The summed E-state index contributed by atoms with van der Waals surface area (Å²) in [4.78, 5) is 38.6. The molecule has 1 fully saturated rings. The smallest absolute Gasteiger partial charge is 0.329 e. The minimum absolute atomic E-state index is 0.00634. The number of rotatable bonds is 8. The maximum atomic E-state index is 12.8. The van der Waals surface area contributed by atoms with Crippen LogP contribution in [0.1, 0.15) is 23.6 Å². The topological polar surface area (TPSA) is 87.7 Å². The van der Waals surface area contributed by atoms with Gasteiger partial charge in [0, 0.05) is 5.69 Å². The molecule has 0 bridgehead atoms. The highest BCUT2D eigenvalue weighted by atomic mass is 35.5. The summed E-state index contributed by atoms with van der Waals surface area (Å²) >= 11 is 12.8. The Morgan fingerprint density at radius 1 is 1.03 bits per heavy atom. The number of para-hydroxylation sites is 1. The lowest BCUT2D eigenvalue weighted by molar-refractivity contribution is -0.127. The van der Waals surface area contributed by atoms with Crippen LogP contribution in [0, 0.1) is 0 Å². The molecule has 2 N–H and O–H groups in total. The van der Waals surface area contributed by atoms with Gasteiger partial charge >= 0.3 is 6.03 Å². The van der Waals surface area contributed by atoms with Gasteiger partial charge < -0.3 is 15.4 Å². The Morgan fingerprint density at radius 3 is 2.39 bits per heavy atom. The summed E-state index contributed by atoms with van der Waals surface area (Å²) in [7, 11) is 0. The molecule has 0 unspecified atom stereocenters. The summed E-state index contributed by atoms with van der Waals surface area (Å²) in [5.41, 5.74) is 3.05. The standard InChI is InChI=1S/C27H23Cl2N3O4/c1-2-19-10-6-7-11-22(19)30-24(33)15-32-26(34)23(31-27(32)35)14-18-12-20(28)25(21(29)13-18)36-16-17-8-4-3-5-9-17/h3-14H,2,15-16H2,1H3,(H,30,33)(H,31,35)/b23-14+. The van der Waals surface area contributed by atoms with E-state index in [0.717, 1.165) is 22.4 Å². The summed E-state index contributed by atoms with van der Waals surface area (Å²) in [6, 6.07) is 19.4. The number of urea groups is 1. The molecule has 184 valence electrons. The zero-order valence-electron chi connectivity index (χ0n) is 19.4. The number of nitrogens with one attached hydrogen (secondary N) is 2. The first-order valence-corrected chi connectivity index (χ1v) is 12.0. The van der Waals surface area contributed by atoms with Gasteiger partial charge in [-0.25, -0.2) is 9.69 Å². The van der Waals surface area contributed by atoms with Crippen molar-refractivity contribution in [1.82, 2.24) is 10.2 Å². The Labute approximate surface area is 218 Å². The van der Waals surface area contributed by atoms with Gasteiger partial charge in [-0.2, -0.15) is 0 Å². The van der Waals surface area contributed by atoms with Crippen molar-refractivity contribution in [3.63, 3.8) is 0 Å². The van der Waals surface area contributed by atoms with Gasteiger partial charge in [-0.3, -0.25) is 9.59 Å². The minimum atomic E-state index is -0.690. The van der Waals surface area contributed by atoms with Crippen LogP contribution in [-0.4, -0.2) is 29.3 Å². The number of hydrogen-bond acceptors (Lipinski definition) is 4. The molecule has 1 saturated heterocycles. The Bertz CT molecular complexity index is 1320. The van der Waals surface area contributed by atoms with Crippen molar-refractivity contribution in [2.45, 2.75) is 20.0 Å². The molecule has 1 aliphatic heterocycles. The monoisotopic (exact) mass is 523 g/mol. The highest BCUT2D eigenvalue weighted by Gasteiger charge is 2.35. The zero-order valence-corrected chi connectivity index (χ0v) is 20.9. The summed E-state index contributed by atoms with van der Waals surface area (Å²) in [6.45, 7) is 1.84. The average molecular weight is 524 g/mol. The second-order valence-electron chi connectivity index (χ2n) is 8.03. The van der Waals surface area contributed by atoms with Crippen LogP contribution >= 0.6 is 23.2 Å². The number of halogens is 2. The molecule has 36 heavy (non-hydrogen) atoms. The number of imide groups is 1. The van der Waals surface area contributed by atoms with E-state index in [2.05, 4.69) is 10.6 Å². The van der Waals surface area contributed by atoms with E-state index in [1.54, 1.807) is 24.3 Å². The van der Waals surface area contributed by atoms with E-state index in [4.69, 9.17) is 27.9 Å². The molecule has 3 aromatic rings. The Morgan fingerprint density at radius 2 is 1.69 bits per heavy atom. The van der Waals surface area contributed by atoms with Gasteiger partial charge in [-0.05, 0) is 47.4 Å². The van der Waals surface area contributed by atoms with Crippen molar-refractivity contribution in [1.29, 1.82) is 0 Å². The van der Waals surface area contributed by atoms with Crippen LogP contribution in [-0.2, 0) is 22.6 Å². The van der Waals surface area contributed by atoms with Crippen molar-refractivity contribution in [2.75, 3.05) is 11.9 Å². The van der Waals surface area contributed by atoms with E-state index < -0.39 is 24.4 Å². The number of carbonyl (C=O) groups excluding carboxylic acids is 3. The van der Waals surface area contributed by atoms with Gasteiger partial charge in [0.05, 0.1) is 10.0 Å². The summed E-state index contributed by atoms with van der Waals surface area (Å²) < 4.78 is 5.77. The molecule has 0 saturated carbocycles. The van der Waals surface area contributed by atoms with Crippen molar-refractivity contribution in [2.24, 2.45) is 0 Å². The minimum Gasteiger partial charge on any atom is -0.486 e. The third-order valence-corrected chi connectivity index (χ3v) is 6.06. The normalized spacial score (nSPS) is 14.2. The van der Waals surface area contributed by atoms with E-state index in [9.17, 15) is 14.4 Å². The highest BCUT2D eigenvalue weighted by molar-refractivity contribution is 6.37. The zero-order chi connectivity index (χ0) is 25.7. The molecule has 0 atom stereocenters. The molecule has 4 amide bonds. The maximum absolute atomic E-state index is 12.8. The van der Waals surface area contributed by atoms with E-state index in [-0.39, 0.29) is 22.3 Å². The van der Waals surface area contributed by atoms with Gasteiger partial charge in [-0.15, -0.1) is 0 Å².